The maximum atomic E-state index is 12.6. The van der Waals surface area contributed by atoms with Crippen LogP contribution < -0.4 is 4.74 Å². The third-order valence-corrected chi connectivity index (χ3v) is 5.07. The van der Waals surface area contributed by atoms with Crippen molar-refractivity contribution >= 4 is 40.7 Å². The zero-order valence-corrected chi connectivity index (χ0v) is 17.8. The van der Waals surface area contributed by atoms with E-state index in [1.807, 2.05) is 19.1 Å². The largest absolute Gasteiger partial charge is 0.484 e. The van der Waals surface area contributed by atoms with Crippen LogP contribution in [0.1, 0.15) is 19.2 Å². The van der Waals surface area contributed by atoms with Crippen molar-refractivity contribution in [1.29, 1.82) is 0 Å². The smallest absolute Gasteiger partial charge is 0.260 e. The Morgan fingerprint density at radius 1 is 1.07 bits per heavy atom. The normalized spacial score (nSPS) is 10.8. The predicted octanol–water partition coefficient (Wildman–Crippen LogP) is 5.51. The fourth-order valence-corrected chi connectivity index (χ4v) is 3.09. The lowest BCUT2D eigenvalue weighted by Crippen LogP contribution is -2.35. The summed E-state index contributed by atoms with van der Waals surface area (Å²) < 4.78 is 11.2. The highest BCUT2D eigenvalue weighted by atomic mass is 35.5. The Morgan fingerprint density at radius 2 is 1.86 bits per heavy atom. The molecule has 1 heterocycles. The minimum atomic E-state index is -0.213. The highest BCUT2D eigenvalue weighted by Gasteiger charge is 2.19. The number of carbonyl (C=O) groups excluding carboxylic acids is 1. The first kappa shape index (κ1) is 21.4. The molecule has 1 aromatic heterocycles. The van der Waals surface area contributed by atoms with Crippen LogP contribution in [0.25, 0.3) is 11.5 Å². The van der Waals surface area contributed by atoms with Crippen molar-refractivity contribution < 1.29 is 13.9 Å². The van der Waals surface area contributed by atoms with Crippen molar-refractivity contribution in [3.8, 4) is 17.2 Å². The second-order valence-corrected chi connectivity index (χ2v) is 7.38. The Kier molecular flexibility index (Phi) is 7.36. The quantitative estimate of drug-likeness (QED) is 0.448. The lowest BCUT2D eigenvalue weighted by molar-refractivity contribution is -0.134. The fourth-order valence-electron chi connectivity index (χ4n) is 2.59. The minimum absolute atomic E-state index is 0.149. The van der Waals surface area contributed by atoms with Crippen molar-refractivity contribution in [2.24, 2.45) is 0 Å². The zero-order valence-electron chi connectivity index (χ0n) is 15.6. The van der Waals surface area contributed by atoms with Crippen LogP contribution in [0.15, 0.2) is 46.9 Å². The molecular weight excluding hydrogens is 437 g/mol. The molecule has 29 heavy (non-hydrogen) atoms. The number of halogens is 3. The van der Waals surface area contributed by atoms with E-state index in [0.717, 1.165) is 6.42 Å². The summed E-state index contributed by atoms with van der Waals surface area (Å²) in [6.07, 6.45) is 0.768. The van der Waals surface area contributed by atoms with Crippen molar-refractivity contribution in [1.82, 2.24) is 15.1 Å². The van der Waals surface area contributed by atoms with Crippen LogP contribution in [0.2, 0.25) is 15.1 Å². The topological polar surface area (TPSA) is 68.5 Å². The zero-order chi connectivity index (χ0) is 20.8. The number of aromatic nitrogens is 2. The Hall–Kier alpha value is -2.28. The third kappa shape index (κ3) is 5.63. The average Bonchev–Trinajstić information content (AvgIpc) is 3.17. The van der Waals surface area contributed by atoms with E-state index in [1.54, 1.807) is 35.2 Å². The first-order chi connectivity index (χ1) is 14.0. The molecular formula is C20H18Cl3N3O3. The Labute approximate surface area is 183 Å². The van der Waals surface area contributed by atoms with Gasteiger partial charge in [-0.15, -0.1) is 10.2 Å². The summed E-state index contributed by atoms with van der Waals surface area (Å²) in [5.74, 6) is 0.872. The molecule has 0 radical (unpaired) electrons. The number of carbonyl (C=O) groups is 1. The van der Waals surface area contributed by atoms with Gasteiger partial charge in [-0.1, -0.05) is 53.9 Å². The van der Waals surface area contributed by atoms with Gasteiger partial charge >= 0.3 is 0 Å². The van der Waals surface area contributed by atoms with Gasteiger partial charge in [0.1, 0.15) is 5.75 Å². The average molecular weight is 455 g/mol. The highest BCUT2D eigenvalue weighted by molar-refractivity contribution is 6.42. The first-order valence-corrected chi connectivity index (χ1v) is 10.0. The van der Waals surface area contributed by atoms with Gasteiger partial charge in [0.15, 0.2) is 6.61 Å². The number of hydrogen-bond acceptors (Lipinski definition) is 5. The van der Waals surface area contributed by atoms with E-state index in [4.69, 9.17) is 44.0 Å². The van der Waals surface area contributed by atoms with E-state index in [2.05, 4.69) is 10.2 Å². The Bertz CT molecular complexity index is 994. The fraction of sp³-hybridized carbons (Fsp3) is 0.250. The molecule has 3 aromatic rings. The summed E-state index contributed by atoms with van der Waals surface area (Å²) in [7, 11) is 0. The first-order valence-electron chi connectivity index (χ1n) is 8.90. The van der Waals surface area contributed by atoms with E-state index < -0.39 is 0 Å². The molecule has 9 heteroatoms. The molecule has 0 aliphatic heterocycles. The third-order valence-electron chi connectivity index (χ3n) is 4.00. The molecule has 3 rings (SSSR count). The van der Waals surface area contributed by atoms with Gasteiger partial charge in [0.05, 0.1) is 27.2 Å². The van der Waals surface area contributed by atoms with Crippen molar-refractivity contribution in [2.45, 2.75) is 19.9 Å². The molecule has 0 saturated heterocycles. The maximum Gasteiger partial charge on any atom is 0.260 e. The van der Waals surface area contributed by atoms with E-state index in [-0.39, 0.29) is 19.1 Å². The van der Waals surface area contributed by atoms with Crippen LogP contribution in [0.3, 0.4) is 0 Å². The van der Waals surface area contributed by atoms with Gasteiger partial charge < -0.3 is 14.1 Å². The van der Waals surface area contributed by atoms with Crippen LogP contribution in [0, 0.1) is 0 Å². The molecule has 6 nitrogen and oxygen atoms in total. The van der Waals surface area contributed by atoms with Gasteiger partial charge in [-0.05, 0) is 30.7 Å². The van der Waals surface area contributed by atoms with Crippen molar-refractivity contribution in [3.05, 3.63) is 63.4 Å². The van der Waals surface area contributed by atoms with Gasteiger partial charge in [0.2, 0.25) is 11.8 Å². The molecule has 152 valence electrons. The monoisotopic (exact) mass is 453 g/mol. The number of benzene rings is 2. The maximum absolute atomic E-state index is 12.6. The molecule has 2 aromatic carbocycles. The summed E-state index contributed by atoms with van der Waals surface area (Å²) in [5.41, 5.74) is 0.643. The molecule has 0 unspecified atom stereocenters. The van der Waals surface area contributed by atoms with Crippen molar-refractivity contribution in [3.63, 3.8) is 0 Å². The molecule has 0 fully saturated rings. The van der Waals surface area contributed by atoms with E-state index >= 15 is 0 Å². The van der Waals surface area contributed by atoms with Gasteiger partial charge in [-0.2, -0.15) is 0 Å². The van der Waals surface area contributed by atoms with Gasteiger partial charge in [-0.25, -0.2) is 0 Å². The molecule has 0 spiro atoms. The number of nitrogens with zero attached hydrogens (tertiary/aromatic N) is 3. The molecule has 1 amide bonds. The highest BCUT2D eigenvalue weighted by Crippen LogP contribution is 2.27. The second kappa shape index (κ2) is 9.96. The van der Waals surface area contributed by atoms with E-state index in [9.17, 15) is 4.79 Å². The summed E-state index contributed by atoms with van der Waals surface area (Å²) >= 11 is 18.0. The van der Waals surface area contributed by atoms with Crippen LogP contribution in [0.4, 0.5) is 0 Å². The molecule has 0 N–H and O–H groups in total. The summed E-state index contributed by atoms with van der Waals surface area (Å²) in [6, 6.07) is 12.0. The number of ether oxygens (including phenoxy) is 1. The van der Waals surface area contributed by atoms with Crippen LogP contribution in [0.5, 0.6) is 5.75 Å². The number of amides is 1. The lowest BCUT2D eigenvalue weighted by Gasteiger charge is -2.20. The minimum Gasteiger partial charge on any atom is -0.484 e. The number of rotatable bonds is 8. The van der Waals surface area contributed by atoms with Gasteiger partial charge in [0.25, 0.3) is 5.91 Å². The van der Waals surface area contributed by atoms with E-state index in [0.29, 0.717) is 44.7 Å². The predicted molar refractivity (Wildman–Crippen MR) is 112 cm³/mol. The molecule has 0 bridgehead atoms. The molecule has 0 aliphatic carbocycles. The van der Waals surface area contributed by atoms with Crippen molar-refractivity contribution in [2.75, 3.05) is 13.2 Å². The molecule has 0 aliphatic rings. The van der Waals surface area contributed by atoms with Crippen LogP contribution in [-0.2, 0) is 11.3 Å². The summed E-state index contributed by atoms with van der Waals surface area (Å²) in [6.45, 7) is 2.52. The Morgan fingerprint density at radius 3 is 2.59 bits per heavy atom. The van der Waals surface area contributed by atoms with Crippen LogP contribution >= 0.6 is 34.8 Å². The van der Waals surface area contributed by atoms with Gasteiger partial charge in [-0.3, -0.25) is 4.79 Å². The summed E-state index contributed by atoms with van der Waals surface area (Å²) in [5, 5.41) is 9.36. The second-order valence-electron chi connectivity index (χ2n) is 6.16. The Balaban J connectivity index is 1.65. The number of hydrogen-bond donors (Lipinski definition) is 0. The summed E-state index contributed by atoms with van der Waals surface area (Å²) in [4.78, 5) is 14.2. The standard InChI is InChI=1S/C20H18Cl3N3O3/c1-2-9-26(19(27)12-28-13-7-8-16(22)17(23)10-13)11-18-24-25-20(29-18)14-5-3-4-6-15(14)21/h3-8,10H,2,9,11-12H2,1H3. The molecule has 0 saturated carbocycles. The lowest BCUT2D eigenvalue weighted by atomic mass is 10.2. The van der Waals surface area contributed by atoms with Crippen LogP contribution in [-0.4, -0.2) is 34.2 Å². The van der Waals surface area contributed by atoms with Gasteiger partial charge in [0, 0.05) is 12.6 Å². The molecule has 0 atom stereocenters. The SMILES string of the molecule is CCCN(Cc1nnc(-c2ccccc2Cl)o1)C(=O)COc1ccc(Cl)c(Cl)c1. The van der Waals surface area contributed by atoms with E-state index in [1.165, 1.54) is 0 Å².